The fourth-order valence-electron chi connectivity index (χ4n) is 4.57. The van der Waals surface area contributed by atoms with Crippen molar-refractivity contribution < 1.29 is 14.3 Å². The van der Waals surface area contributed by atoms with Gasteiger partial charge in [-0.05, 0) is 80.6 Å². The third-order valence-electron chi connectivity index (χ3n) is 6.48. The molecule has 6 nitrogen and oxygen atoms in total. The molecular weight excluding hydrogens is 494 g/mol. The maximum absolute atomic E-state index is 13.1. The molecule has 1 heterocycles. The number of para-hydroxylation sites is 1. The topological polar surface area (TPSA) is 72.4 Å². The number of thioether (sulfide) groups is 1. The second-order valence-corrected chi connectivity index (χ2v) is 10.4. The molecule has 5 rings (SSSR count). The lowest BCUT2D eigenvalue weighted by atomic mass is 10.1. The SMILES string of the molecule is CCn1c2ccccc2c2cc(NC(=O)C(C)Sc3cccc(NC(=O)c4ccc(OC)cc4)c3)ccc21. The third kappa shape index (κ3) is 5.24. The summed E-state index contributed by atoms with van der Waals surface area (Å²) in [6.07, 6.45) is 0. The molecule has 2 N–H and O–H groups in total. The molecule has 0 aliphatic heterocycles. The fourth-order valence-corrected chi connectivity index (χ4v) is 5.49. The molecule has 5 aromatic rings. The van der Waals surface area contributed by atoms with Crippen LogP contribution >= 0.6 is 11.8 Å². The number of fused-ring (bicyclic) bond motifs is 3. The maximum Gasteiger partial charge on any atom is 0.255 e. The number of carbonyl (C=O) groups excluding carboxylic acids is 2. The Morgan fingerprint density at radius 2 is 1.58 bits per heavy atom. The summed E-state index contributed by atoms with van der Waals surface area (Å²) in [6.45, 7) is 4.90. The zero-order valence-corrected chi connectivity index (χ0v) is 22.3. The molecule has 0 saturated heterocycles. The first kappa shape index (κ1) is 25.4. The minimum atomic E-state index is -0.338. The average molecular weight is 524 g/mol. The zero-order chi connectivity index (χ0) is 26.6. The molecule has 0 bridgehead atoms. The van der Waals surface area contributed by atoms with E-state index in [-0.39, 0.29) is 17.1 Å². The van der Waals surface area contributed by atoms with Gasteiger partial charge in [-0.3, -0.25) is 9.59 Å². The van der Waals surface area contributed by atoms with Crippen molar-refractivity contribution in [1.82, 2.24) is 4.57 Å². The van der Waals surface area contributed by atoms with Gasteiger partial charge in [-0.2, -0.15) is 0 Å². The average Bonchev–Trinajstić information content (AvgIpc) is 3.26. The number of rotatable bonds is 8. The number of carbonyl (C=O) groups is 2. The Balaban J connectivity index is 1.26. The first-order valence-electron chi connectivity index (χ1n) is 12.5. The van der Waals surface area contributed by atoms with Gasteiger partial charge in [0.05, 0.1) is 12.4 Å². The quantitative estimate of drug-likeness (QED) is 0.211. The van der Waals surface area contributed by atoms with Gasteiger partial charge in [0, 0.05) is 50.2 Å². The van der Waals surface area contributed by atoms with Gasteiger partial charge in [-0.15, -0.1) is 11.8 Å². The lowest BCUT2D eigenvalue weighted by Crippen LogP contribution is -2.22. The Kier molecular flexibility index (Phi) is 7.38. The van der Waals surface area contributed by atoms with Gasteiger partial charge in [0.15, 0.2) is 0 Å². The van der Waals surface area contributed by atoms with Crippen LogP contribution in [0, 0.1) is 0 Å². The molecule has 0 fully saturated rings. The highest BCUT2D eigenvalue weighted by Crippen LogP contribution is 2.32. The van der Waals surface area contributed by atoms with E-state index >= 15 is 0 Å². The Morgan fingerprint density at radius 3 is 2.34 bits per heavy atom. The summed E-state index contributed by atoms with van der Waals surface area (Å²) in [5.74, 6) is 0.404. The van der Waals surface area contributed by atoms with Crippen LogP contribution in [-0.2, 0) is 11.3 Å². The molecule has 0 aliphatic rings. The number of aromatic nitrogens is 1. The van der Waals surface area contributed by atoms with E-state index in [0.717, 1.165) is 28.0 Å². The monoisotopic (exact) mass is 523 g/mol. The predicted molar refractivity (Wildman–Crippen MR) is 156 cm³/mol. The van der Waals surface area contributed by atoms with E-state index < -0.39 is 0 Å². The number of benzene rings is 4. The lowest BCUT2D eigenvalue weighted by molar-refractivity contribution is -0.115. The summed E-state index contributed by atoms with van der Waals surface area (Å²) in [5, 5.41) is 7.96. The Morgan fingerprint density at radius 1 is 0.842 bits per heavy atom. The molecule has 0 spiro atoms. The van der Waals surface area contributed by atoms with Gasteiger partial charge in [0.2, 0.25) is 5.91 Å². The zero-order valence-electron chi connectivity index (χ0n) is 21.5. The molecule has 0 radical (unpaired) electrons. The van der Waals surface area contributed by atoms with Gasteiger partial charge in [-0.1, -0.05) is 24.3 Å². The first-order valence-corrected chi connectivity index (χ1v) is 13.4. The first-order chi connectivity index (χ1) is 18.5. The van der Waals surface area contributed by atoms with Crippen molar-refractivity contribution in [1.29, 1.82) is 0 Å². The molecular formula is C31H29N3O3S. The molecule has 2 amide bonds. The number of hydrogen-bond acceptors (Lipinski definition) is 4. The van der Waals surface area contributed by atoms with E-state index in [1.807, 2.05) is 43.3 Å². The largest absolute Gasteiger partial charge is 0.497 e. The number of ether oxygens (including phenoxy) is 1. The summed E-state index contributed by atoms with van der Waals surface area (Å²) in [7, 11) is 1.59. The van der Waals surface area contributed by atoms with E-state index in [0.29, 0.717) is 17.0 Å². The number of nitrogens with one attached hydrogen (secondary N) is 2. The van der Waals surface area contributed by atoms with Gasteiger partial charge < -0.3 is 19.9 Å². The fraction of sp³-hybridized carbons (Fsp3) is 0.161. The summed E-state index contributed by atoms with van der Waals surface area (Å²) < 4.78 is 7.44. The van der Waals surface area contributed by atoms with Crippen LogP contribution in [0.5, 0.6) is 5.75 Å². The Labute approximate surface area is 226 Å². The van der Waals surface area contributed by atoms with Crippen LogP contribution in [0.15, 0.2) is 95.9 Å². The van der Waals surface area contributed by atoms with Crippen LogP contribution in [0.3, 0.4) is 0 Å². The van der Waals surface area contributed by atoms with E-state index in [4.69, 9.17) is 4.74 Å². The smallest absolute Gasteiger partial charge is 0.255 e. The highest BCUT2D eigenvalue weighted by molar-refractivity contribution is 8.00. The van der Waals surface area contributed by atoms with Crippen molar-refractivity contribution in [2.24, 2.45) is 0 Å². The molecule has 7 heteroatoms. The van der Waals surface area contributed by atoms with Crippen molar-refractivity contribution in [2.75, 3.05) is 17.7 Å². The van der Waals surface area contributed by atoms with Crippen molar-refractivity contribution in [3.63, 3.8) is 0 Å². The highest BCUT2D eigenvalue weighted by atomic mass is 32.2. The minimum Gasteiger partial charge on any atom is -0.497 e. The molecule has 38 heavy (non-hydrogen) atoms. The normalized spacial score (nSPS) is 11.9. The number of aryl methyl sites for hydroxylation is 1. The number of methoxy groups -OCH3 is 1. The summed E-state index contributed by atoms with van der Waals surface area (Å²) in [4.78, 5) is 26.6. The molecule has 0 aliphatic carbocycles. The van der Waals surface area contributed by atoms with Crippen LogP contribution in [0.25, 0.3) is 21.8 Å². The van der Waals surface area contributed by atoms with Crippen LogP contribution in [0.2, 0.25) is 0 Å². The number of anilines is 2. The van der Waals surface area contributed by atoms with E-state index in [1.54, 1.807) is 31.4 Å². The second-order valence-electron chi connectivity index (χ2n) is 8.95. The third-order valence-corrected chi connectivity index (χ3v) is 7.58. The maximum atomic E-state index is 13.1. The van der Waals surface area contributed by atoms with Gasteiger partial charge >= 0.3 is 0 Å². The molecule has 192 valence electrons. The summed E-state index contributed by atoms with van der Waals surface area (Å²) >= 11 is 1.44. The standard InChI is InChI=1S/C31H29N3O3S/c1-4-34-28-11-6-5-10-26(28)27-19-23(14-17-29(27)34)32-30(35)20(2)38-25-9-7-8-22(18-25)33-31(36)21-12-15-24(37-3)16-13-21/h5-20H,4H2,1-3H3,(H,32,35)(H,33,36). The number of nitrogens with zero attached hydrogens (tertiary/aromatic N) is 1. The second kappa shape index (κ2) is 11.0. The molecule has 4 aromatic carbocycles. The van der Waals surface area contributed by atoms with E-state index in [1.165, 1.54) is 22.7 Å². The van der Waals surface area contributed by atoms with E-state index in [9.17, 15) is 9.59 Å². The van der Waals surface area contributed by atoms with Crippen molar-refractivity contribution >= 4 is 56.8 Å². The number of hydrogen-bond donors (Lipinski definition) is 2. The van der Waals surface area contributed by atoms with Crippen LogP contribution in [0.1, 0.15) is 24.2 Å². The minimum absolute atomic E-state index is 0.0822. The van der Waals surface area contributed by atoms with E-state index in [2.05, 4.69) is 52.5 Å². The molecule has 0 saturated carbocycles. The Bertz CT molecular complexity index is 1630. The van der Waals surface area contributed by atoms with Crippen LogP contribution in [0.4, 0.5) is 11.4 Å². The van der Waals surface area contributed by atoms with Crippen molar-refractivity contribution in [2.45, 2.75) is 30.5 Å². The molecule has 1 unspecified atom stereocenters. The van der Waals surface area contributed by atoms with Gasteiger partial charge in [-0.25, -0.2) is 0 Å². The molecule has 1 atom stereocenters. The molecule has 1 aromatic heterocycles. The van der Waals surface area contributed by atoms with Crippen LogP contribution in [-0.4, -0.2) is 28.7 Å². The Hall–Kier alpha value is -4.23. The number of amides is 2. The van der Waals surface area contributed by atoms with Gasteiger partial charge in [0.1, 0.15) is 5.75 Å². The van der Waals surface area contributed by atoms with Crippen molar-refractivity contribution in [3.8, 4) is 5.75 Å². The highest BCUT2D eigenvalue weighted by Gasteiger charge is 2.17. The van der Waals surface area contributed by atoms with Crippen LogP contribution < -0.4 is 15.4 Å². The summed E-state index contributed by atoms with van der Waals surface area (Å²) in [6, 6.07) is 28.9. The van der Waals surface area contributed by atoms with Crippen molar-refractivity contribution in [3.05, 3.63) is 96.6 Å². The predicted octanol–water partition coefficient (Wildman–Crippen LogP) is 7.19. The summed E-state index contributed by atoms with van der Waals surface area (Å²) in [5.41, 5.74) is 4.32. The van der Waals surface area contributed by atoms with Gasteiger partial charge in [0.25, 0.3) is 5.91 Å². The lowest BCUT2D eigenvalue weighted by Gasteiger charge is -2.13.